The Morgan fingerprint density at radius 1 is 0.481 bits per heavy atom. The molecule has 5 heteroatoms. The molecule has 1 fully saturated rings. The van der Waals surface area contributed by atoms with Crippen molar-refractivity contribution in [3.63, 3.8) is 0 Å². The highest BCUT2D eigenvalue weighted by molar-refractivity contribution is 5.73. The maximum atomic E-state index is 5.30. The summed E-state index contributed by atoms with van der Waals surface area (Å²) in [7, 11) is 0. The number of nitrogens with zero attached hydrogens (tertiary/aromatic N) is 5. The van der Waals surface area contributed by atoms with Crippen molar-refractivity contribution in [2.75, 3.05) is 0 Å². The summed E-state index contributed by atoms with van der Waals surface area (Å²) in [5.74, 6) is 2.83. The molecule has 1 spiro atoms. The van der Waals surface area contributed by atoms with Crippen molar-refractivity contribution in [3.05, 3.63) is 174 Å². The third-order valence-corrected chi connectivity index (χ3v) is 11.8. The highest BCUT2D eigenvalue weighted by atomic mass is 15.0. The molecule has 10 rings (SSSR count). The fourth-order valence-corrected chi connectivity index (χ4v) is 9.19. The van der Waals surface area contributed by atoms with E-state index in [2.05, 4.69) is 78.9 Å². The van der Waals surface area contributed by atoms with Crippen LogP contribution in [-0.4, -0.2) is 24.9 Å². The zero-order valence-corrected chi connectivity index (χ0v) is 30.3. The Kier molecular flexibility index (Phi) is 8.28. The standard InChI is InChI=1S/C49H41N5/c1-5-16-33(17-6-1)45-50-43(32-44(51-45)37-26-27-42-40(31-37)39-24-11-12-25-41(39)49(42)28-13-4-14-29-49)36-22-15-23-38(30-36)48-53-46(34-18-7-2-8-19-34)52-47(54-48)35-20-9-3-10-21-35/h1-3,5-10,12,15-23,25-27,30,32,37H,4,11,13-14,24,28-29,31H2. The number of fused-ring (bicyclic) bond motifs is 3. The summed E-state index contributed by atoms with van der Waals surface area (Å²) >= 11 is 0. The molecule has 4 aliphatic carbocycles. The van der Waals surface area contributed by atoms with E-state index in [1.54, 1.807) is 22.3 Å². The number of rotatable bonds is 6. The molecule has 6 aromatic rings. The van der Waals surface area contributed by atoms with E-state index in [1.165, 1.54) is 32.1 Å². The minimum atomic E-state index is 0.167. The highest BCUT2D eigenvalue weighted by Crippen LogP contribution is 2.60. The molecule has 1 atom stereocenters. The van der Waals surface area contributed by atoms with Gasteiger partial charge in [0, 0.05) is 39.2 Å². The van der Waals surface area contributed by atoms with E-state index in [1.807, 2.05) is 66.7 Å². The second-order valence-electron chi connectivity index (χ2n) is 15.0. The number of hydrogen-bond donors (Lipinski definition) is 0. The summed E-state index contributed by atoms with van der Waals surface area (Å²) in [5, 5.41) is 0. The molecule has 2 aromatic heterocycles. The molecule has 2 heterocycles. The van der Waals surface area contributed by atoms with Gasteiger partial charge in [-0.3, -0.25) is 0 Å². The van der Waals surface area contributed by atoms with Gasteiger partial charge in [0.2, 0.25) is 0 Å². The van der Waals surface area contributed by atoms with Crippen LogP contribution < -0.4 is 0 Å². The monoisotopic (exact) mass is 699 g/mol. The van der Waals surface area contributed by atoms with Crippen LogP contribution in [0.5, 0.6) is 0 Å². The van der Waals surface area contributed by atoms with E-state index in [-0.39, 0.29) is 11.3 Å². The van der Waals surface area contributed by atoms with Crippen molar-refractivity contribution >= 4 is 0 Å². The van der Waals surface area contributed by atoms with Crippen LogP contribution >= 0.6 is 0 Å². The van der Waals surface area contributed by atoms with Gasteiger partial charge in [-0.05, 0) is 66.5 Å². The molecule has 0 amide bonds. The van der Waals surface area contributed by atoms with Crippen LogP contribution in [-0.2, 0) is 0 Å². The van der Waals surface area contributed by atoms with Gasteiger partial charge in [-0.1, -0.05) is 153 Å². The Hall–Kier alpha value is -6.07. The summed E-state index contributed by atoms with van der Waals surface area (Å²) < 4.78 is 0. The third kappa shape index (κ3) is 5.85. The number of aromatic nitrogens is 5. The van der Waals surface area contributed by atoms with Crippen LogP contribution in [0.25, 0.3) is 56.8 Å². The topological polar surface area (TPSA) is 64.5 Å². The number of allylic oxidation sites excluding steroid dienone is 8. The fourth-order valence-electron chi connectivity index (χ4n) is 9.19. The lowest BCUT2D eigenvalue weighted by Gasteiger charge is -2.39. The minimum Gasteiger partial charge on any atom is -0.232 e. The van der Waals surface area contributed by atoms with Crippen molar-refractivity contribution in [2.45, 2.75) is 57.3 Å². The van der Waals surface area contributed by atoms with Gasteiger partial charge in [0.05, 0.1) is 11.4 Å². The zero-order chi connectivity index (χ0) is 35.9. The van der Waals surface area contributed by atoms with Crippen molar-refractivity contribution in [1.82, 2.24) is 24.9 Å². The van der Waals surface area contributed by atoms with Crippen molar-refractivity contribution < 1.29 is 0 Å². The lowest BCUT2D eigenvalue weighted by Crippen LogP contribution is -2.26. The lowest BCUT2D eigenvalue weighted by atomic mass is 9.65. The SMILES string of the molecule is C1=CC2=C(CC1)C1=C(C=CC(c3cc(-c4cccc(-c5nc(-c6ccccc6)nc(-c6ccccc6)n5)c4)nc(-c4ccccc4)n3)C1)C21CCCCC1. The average Bonchev–Trinajstić information content (AvgIpc) is 3.52. The maximum Gasteiger partial charge on any atom is 0.164 e. The van der Waals surface area contributed by atoms with Crippen LogP contribution in [0.1, 0.15) is 63.0 Å². The maximum absolute atomic E-state index is 5.30. The first kappa shape index (κ1) is 32.6. The van der Waals surface area contributed by atoms with Gasteiger partial charge < -0.3 is 0 Å². The summed E-state index contributed by atoms with van der Waals surface area (Å²) in [6.07, 6.45) is 19.6. The molecule has 0 aliphatic heterocycles. The van der Waals surface area contributed by atoms with Gasteiger partial charge in [-0.2, -0.15) is 0 Å². The van der Waals surface area contributed by atoms with E-state index in [0.717, 1.165) is 64.3 Å². The van der Waals surface area contributed by atoms with E-state index in [9.17, 15) is 0 Å². The van der Waals surface area contributed by atoms with E-state index >= 15 is 0 Å². The Bertz CT molecular complexity index is 2430. The molecule has 0 bridgehead atoms. The van der Waals surface area contributed by atoms with Crippen LogP contribution in [0.4, 0.5) is 0 Å². The molecule has 1 unspecified atom stereocenters. The Morgan fingerprint density at radius 2 is 1.04 bits per heavy atom. The second kappa shape index (κ2) is 13.7. The molecule has 262 valence electrons. The number of hydrogen-bond acceptors (Lipinski definition) is 5. The first-order chi connectivity index (χ1) is 26.7. The summed E-state index contributed by atoms with van der Waals surface area (Å²) in [5.41, 5.74) is 13.4. The van der Waals surface area contributed by atoms with Gasteiger partial charge >= 0.3 is 0 Å². The van der Waals surface area contributed by atoms with Crippen LogP contribution in [0.2, 0.25) is 0 Å². The lowest BCUT2D eigenvalue weighted by molar-refractivity contribution is 0.302. The molecule has 1 saturated carbocycles. The van der Waals surface area contributed by atoms with Gasteiger partial charge in [0.25, 0.3) is 0 Å². The van der Waals surface area contributed by atoms with Gasteiger partial charge in [0.15, 0.2) is 23.3 Å². The van der Waals surface area contributed by atoms with Gasteiger partial charge in [-0.15, -0.1) is 0 Å². The van der Waals surface area contributed by atoms with Crippen LogP contribution in [0.3, 0.4) is 0 Å². The molecule has 5 nitrogen and oxygen atoms in total. The Morgan fingerprint density at radius 3 is 1.69 bits per heavy atom. The first-order valence-electron chi connectivity index (χ1n) is 19.5. The van der Waals surface area contributed by atoms with Gasteiger partial charge in [-0.25, -0.2) is 24.9 Å². The molecule has 4 aliphatic rings. The zero-order valence-electron chi connectivity index (χ0n) is 30.3. The molecule has 0 saturated heterocycles. The largest absolute Gasteiger partial charge is 0.232 e. The molecule has 4 aromatic carbocycles. The quantitative estimate of drug-likeness (QED) is 0.173. The molecule has 0 radical (unpaired) electrons. The molecule has 54 heavy (non-hydrogen) atoms. The van der Waals surface area contributed by atoms with Crippen LogP contribution in [0, 0.1) is 5.41 Å². The number of benzene rings is 4. The Labute approximate surface area is 317 Å². The van der Waals surface area contributed by atoms with Crippen molar-refractivity contribution in [2.24, 2.45) is 5.41 Å². The summed E-state index contributed by atoms with van der Waals surface area (Å²) in [6.45, 7) is 0. The normalized spacial score (nSPS) is 18.6. The first-order valence-corrected chi connectivity index (χ1v) is 19.5. The van der Waals surface area contributed by atoms with Crippen molar-refractivity contribution in [3.8, 4) is 56.8 Å². The highest BCUT2D eigenvalue weighted by Gasteiger charge is 2.46. The summed E-state index contributed by atoms with van der Waals surface area (Å²) in [6, 6.07) is 41.3. The Balaban J connectivity index is 1.06. The third-order valence-electron chi connectivity index (χ3n) is 11.8. The summed E-state index contributed by atoms with van der Waals surface area (Å²) in [4.78, 5) is 25.4. The smallest absolute Gasteiger partial charge is 0.164 e. The molecule has 0 N–H and O–H groups in total. The molecular weight excluding hydrogens is 659 g/mol. The average molecular weight is 700 g/mol. The second-order valence-corrected chi connectivity index (χ2v) is 15.0. The van der Waals surface area contributed by atoms with Gasteiger partial charge in [0.1, 0.15) is 0 Å². The van der Waals surface area contributed by atoms with Crippen LogP contribution in [0.15, 0.2) is 168 Å². The molecular formula is C49H41N5. The fraction of sp³-hybridized carbons (Fsp3) is 0.204. The predicted molar refractivity (Wildman–Crippen MR) is 217 cm³/mol. The minimum absolute atomic E-state index is 0.167. The van der Waals surface area contributed by atoms with E-state index in [0.29, 0.717) is 17.5 Å². The van der Waals surface area contributed by atoms with E-state index in [4.69, 9.17) is 24.9 Å². The van der Waals surface area contributed by atoms with E-state index < -0.39 is 0 Å². The predicted octanol–water partition coefficient (Wildman–Crippen LogP) is 11.9. The van der Waals surface area contributed by atoms with Crippen molar-refractivity contribution in [1.29, 1.82) is 0 Å².